The minimum Gasteiger partial charge on any atom is -0.476 e. The Balaban J connectivity index is 1.65. The van der Waals surface area contributed by atoms with Gasteiger partial charge in [-0.3, -0.25) is 9.36 Å². The van der Waals surface area contributed by atoms with Crippen molar-refractivity contribution in [2.75, 3.05) is 0 Å². The normalized spacial score (nSPS) is 11.3. The van der Waals surface area contributed by atoms with E-state index in [0.29, 0.717) is 23.7 Å². The van der Waals surface area contributed by atoms with Crippen LogP contribution in [0, 0.1) is 0 Å². The smallest absolute Gasteiger partial charge is 0.357 e. The summed E-state index contributed by atoms with van der Waals surface area (Å²) in [5.74, 6) is -1.19. The van der Waals surface area contributed by atoms with Gasteiger partial charge >= 0.3 is 11.7 Å². The maximum Gasteiger partial charge on any atom is 0.357 e. The third kappa shape index (κ3) is 2.91. The molecule has 2 aromatic carbocycles. The fraction of sp³-hybridized carbons (Fsp3) is 0.158. The number of aryl methyl sites for hydroxylation is 2. The lowest BCUT2D eigenvalue weighted by atomic mass is 10.1. The van der Waals surface area contributed by atoms with Crippen LogP contribution in [0.25, 0.3) is 21.8 Å². The Morgan fingerprint density at radius 1 is 1.00 bits per heavy atom. The highest BCUT2D eigenvalue weighted by molar-refractivity contribution is 6.01. The number of hydrogen-bond acceptors (Lipinski definition) is 4. The van der Waals surface area contributed by atoms with Crippen molar-refractivity contribution in [3.63, 3.8) is 0 Å². The number of aromatic carboxylic acids is 1. The van der Waals surface area contributed by atoms with Gasteiger partial charge in [-0.15, -0.1) is 0 Å². The third-order valence-corrected chi connectivity index (χ3v) is 4.50. The van der Waals surface area contributed by atoms with Crippen LogP contribution in [0.5, 0.6) is 0 Å². The number of fused-ring (bicyclic) bond motifs is 2. The van der Waals surface area contributed by atoms with E-state index >= 15 is 0 Å². The summed E-state index contributed by atoms with van der Waals surface area (Å²) in [6, 6.07) is 13.9. The maximum absolute atomic E-state index is 12.6. The second-order valence-electron chi connectivity index (χ2n) is 6.18. The van der Waals surface area contributed by atoms with E-state index in [-0.39, 0.29) is 23.5 Å². The molecule has 0 aliphatic carbocycles. The first kappa shape index (κ1) is 16.8. The van der Waals surface area contributed by atoms with E-state index in [1.54, 1.807) is 28.8 Å². The van der Waals surface area contributed by atoms with E-state index in [1.165, 1.54) is 0 Å². The van der Waals surface area contributed by atoms with Crippen LogP contribution in [0.4, 0.5) is 0 Å². The van der Waals surface area contributed by atoms with Gasteiger partial charge in [-0.1, -0.05) is 30.3 Å². The molecule has 0 fully saturated rings. The summed E-state index contributed by atoms with van der Waals surface area (Å²) in [5, 5.41) is 14.0. The number of carboxylic acids is 1. The Hall–Kier alpha value is -3.68. The van der Waals surface area contributed by atoms with Gasteiger partial charge in [-0.2, -0.15) is 5.10 Å². The van der Waals surface area contributed by atoms with E-state index < -0.39 is 5.97 Å². The number of aromatic nitrogens is 4. The molecule has 2 heterocycles. The molecular weight excluding hydrogens is 348 g/mol. The summed E-state index contributed by atoms with van der Waals surface area (Å²) in [5.41, 5.74) is 0.807. The quantitative estimate of drug-likeness (QED) is 0.561. The first-order chi connectivity index (χ1) is 13.1. The van der Waals surface area contributed by atoms with Gasteiger partial charge in [0.25, 0.3) is 5.56 Å². The summed E-state index contributed by atoms with van der Waals surface area (Å²) in [6.45, 7) is 0.585. The van der Waals surface area contributed by atoms with Crippen molar-refractivity contribution in [3.05, 3.63) is 75.1 Å². The van der Waals surface area contributed by atoms with Gasteiger partial charge in [0, 0.05) is 18.5 Å². The minimum atomic E-state index is -1.19. The number of para-hydroxylation sites is 2. The second kappa shape index (κ2) is 6.56. The summed E-state index contributed by atoms with van der Waals surface area (Å²) >= 11 is 0. The standard InChI is InChI=1S/C19H16N4O4/c24-17-13-7-2-1-6-12(13)16(18(25)26)21-23(17)11-5-10-22-15-9-4-3-8-14(15)20-19(22)27/h1-4,6-9H,5,10-11H2,(H,20,27)(H,25,26). The predicted molar refractivity (Wildman–Crippen MR) is 100 cm³/mol. The largest absolute Gasteiger partial charge is 0.476 e. The number of H-pyrrole nitrogens is 1. The van der Waals surface area contributed by atoms with Crippen LogP contribution in [0.1, 0.15) is 16.9 Å². The first-order valence-electron chi connectivity index (χ1n) is 8.47. The molecule has 0 saturated heterocycles. The molecule has 0 saturated carbocycles. The fourth-order valence-electron chi connectivity index (χ4n) is 3.25. The molecule has 0 unspecified atom stereocenters. The van der Waals surface area contributed by atoms with Crippen LogP contribution in [0.3, 0.4) is 0 Å². The molecule has 8 heteroatoms. The molecule has 2 N–H and O–H groups in total. The molecule has 27 heavy (non-hydrogen) atoms. The molecule has 0 amide bonds. The van der Waals surface area contributed by atoms with Crippen molar-refractivity contribution in [2.24, 2.45) is 0 Å². The summed E-state index contributed by atoms with van der Waals surface area (Å²) in [7, 11) is 0. The second-order valence-corrected chi connectivity index (χ2v) is 6.18. The molecule has 0 spiro atoms. The van der Waals surface area contributed by atoms with E-state index in [1.807, 2.05) is 24.3 Å². The van der Waals surface area contributed by atoms with Crippen LogP contribution in [-0.2, 0) is 13.1 Å². The van der Waals surface area contributed by atoms with Crippen LogP contribution in [0.15, 0.2) is 58.1 Å². The van der Waals surface area contributed by atoms with Crippen molar-refractivity contribution in [1.29, 1.82) is 0 Å². The van der Waals surface area contributed by atoms with Gasteiger partial charge in [-0.05, 0) is 24.6 Å². The van der Waals surface area contributed by atoms with Crippen molar-refractivity contribution >= 4 is 27.8 Å². The molecular formula is C19H16N4O4. The molecule has 0 atom stereocenters. The van der Waals surface area contributed by atoms with Gasteiger partial charge in [0.2, 0.25) is 0 Å². The summed E-state index contributed by atoms with van der Waals surface area (Å²) < 4.78 is 2.76. The molecule has 0 bridgehead atoms. The Kier molecular flexibility index (Phi) is 4.08. The average Bonchev–Trinajstić information content (AvgIpc) is 2.99. The molecule has 2 aromatic heterocycles. The number of benzene rings is 2. The summed E-state index contributed by atoms with van der Waals surface area (Å²) in [4.78, 5) is 39.0. The topological polar surface area (TPSA) is 110 Å². The van der Waals surface area contributed by atoms with Crippen molar-refractivity contribution in [1.82, 2.24) is 19.3 Å². The number of imidazole rings is 1. The number of nitrogens with one attached hydrogen (secondary N) is 1. The van der Waals surface area contributed by atoms with Gasteiger partial charge in [0.1, 0.15) is 0 Å². The Labute approximate surface area is 152 Å². The highest BCUT2D eigenvalue weighted by Crippen LogP contribution is 2.13. The number of aromatic amines is 1. The zero-order valence-electron chi connectivity index (χ0n) is 14.3. The average molecular weight is 364 g/mol. The maximum atomic E-state index is 12.6. The van der Waals surface area contributed by atoms with Crippen LogP contribution in [-0.4, -0.2) is 30.4 Å². The fourth-order valence-corrected chi connectivity index (χ4v) is 3.25. The highest BCUT2D eigenvalue weighted by Gasteiger charge is 2.15. The number of nitrogens with zero attached hydrogens (tertiary/aromatic N) is 3. The first-order valence-corrected chi connectivity index (χ1v) is 8.47. The van der Waals surface area contributed by atoms with Crippen molar-refractivity contribution in [3.8, 4) is 0 Å². The number of carbonyl (C=O) groups is 1. The predicted octanol–water partition coefficient (Wildman–Crippen LogP) is 1.83. The third-order valence-electron chi connectivity index (χ3n) is 4.50. The number of hydrogen-bond donors (Lipinski definition) is 2. The minimum absolute atomic E-state index is 0.158. The molecule has 0 radical (unpaired) electrons. The molecule has 136 valence electrons. The Morgan fingerprint density at radius 3 is 2.48 bits per heavy atom. The van der Waals surface area contributed by atoms with Gasteiger partial charge in [-0.25, -0.2) is 14.3 Å². The van der Waals surface area contributed by atoms with E-state index in [9.17, 15) is 19.5 Å². The summed E-state index contributed by atoms with van der Waals surface area (Å²) in [6.07, 6.45) is 0.450. The lowest BCUT2D eigenvalue weighted by Crippen LogP contribution is -2.27. The lowest BCUT2D eigenvalue weighted by molar-refractivity contribution is 0.0690. The molecule has 4 rings (SSSR count). The molecule has 4 aromatic rings. The van der Waals surface area contributed by atoms with Gasteiger partial charge in [0.05, 0.1) is 16.4 Å². The molecule has 0 aliphatic heterocycles. The van der Waals surface area contributed by atoms with Crippen molar-refractivity contribution in [2.45, 2.75) is 19.5 Å². The Morgan fingerprint density at radius 2 is 1.70 bits per heavy atom. The molecule has 0 aliphatic rings. The van der Waals surface area contributed by atoms with E-state index in [0.717, 1.165) is 15.7 Å². The van der Waals surface area contributed by atoms with Crippen LogP contribution < -0.4 is 11.2 Å². The molecule has 8 nitrogen and oxygen atoms in total. The monoisotopic (exact) mass is 364 g/mol. The zero-order chi connectivity index (χ0) is 19.0. The number of carboxylic acid groups (broad SMARTS) is 1. The SMILES string of the molecule is O=C(O)c1nn(CCCn2c(=O)[nH]c3ccccc32)c(=O)c2ccccc12. The highest BCUT2D eigenvalue weighted by atomic mass is 16.4. The van der Waals surface area contributed by atoms with Gasteiger partial charge < -0.3 is 10.1 Å². The van der Waals surface area contributed by atoms with Crippen LogP contribution >= 0.6 is 0 Å². The zero-order valence-corrected chi connectivity index (χ0v) is 14.3. The van der Waals surface area contributed by atoms with Gasteiger partial charge in [0.15, 0.2) is 5.69 Å². The number of rotatable bonds is 5. The van der Waals surface area contributed by atoms with E-state index in [4.69, 9.17) is 0 Å². The lowest BCUT2D eigenvalue weighted by Gasteiger charge is -2.09. The van der Waals surface area contributed by atoms with Crippen LogP contribution in [0.2, 0.25) is 0 Å². The Bertz CT molecular complexity index is 1280. The van der Waals surface area contributed by atoms with Crippen molar-refractivity contribution < 1.29 is 9.90 Å². The van der Waals surface area contributed by atoms with E-state index in [2.05, 4.69) is 10.1 Å².